The maximum Gasteiger partial charge on any atom is 0.246 e. The van der Waals surface area contributed by atoms with E-state index in [0.29, 0.717) is 75.6 Å². The van der Waals surface area contributed by atoms with Crippen molar-refractivity contribution in [2.45, 2.75) is 202 Å². The second-order valence-electron chi connectivity index (χ2n) is 22.2. The van der Waals surface area contributed by atoms with E-state index in [4.69, 9.17) is 4.74 Å². The van der Waals surface area contributed by atoms with Gasteiger partial charge in [-0.1, -0.05) is 59.0 Å². The van der Waals surface area contributed by atoms with Crippen LogP contribution in [-0.2, 0) is 59.6 Å². The number of carbonyl (C=O) groups is 6. The summed E-state index contributed by atoms with van der Waals surface area (Å²) in [7, 11) is 3.40. The van der Waals surface area contributed by atoms with Crippen molar-refractivity contribution in [3.05, 3.63) is 94.6 Å². The van der Waals surface area contributed by atoms with E-state index in [1.165, 1.54) is 11.1 Å². The lowest BCUT2D eigenvalue weighted by molar-refractivity contribution is -0.145. The smallest absolute Gasteiger partial charge is 0.246 e. The van der Waals surface area contributed by atoms with Gasteiger partial charge in [0.15, 0.2) is 0 Å². The van der Waals surface area contributed by atoms with E-state index in [9.17, 15) is 28.8 Å². The summed E-state index contributed by atoms with van der Waals surface area (Å²) >= 11 is 0. The number of aromatic nitrogens is 6. The van der Waals surface area contributed by atoms with Crippen LogP contribution in [0.3, 0.4) is 0 Å². The van der Waals surface area contributed by atoms with Crippen LogP contribution in [0.4, 0.5) is 0 Å². The maximum absolute atomic E-state index is 14.5. The first-order valence-electron chi connectivity index (χ1n) is 28.1. The van der Waals surface area contributed by atoms with Gasteiger partial charge in [-0.15, -0.1) is 10.2 Å². The maximum atomic E-state index is 14.5. The van der Waals surface area contributed by atoms with Crippen LogP contribution in [-0.4, -0.2) is 138 Å². The molecule has 6 aliphatic rings. The van der Waals surface area contributed by atoms with E-state index in [1.54, 1.807) is 37.7 Å². The summed E-state index contributed by atoms with van der Waals surface area (Å²) in [5.74, 6) is -1.37. The number of nitrogens with zero attached hydrogens (tertiary/aromatic N) is 8. The van der Waals surface area contributed by atoms with Gasteiger partial charge in [0.25, 0.3) is 0 Å². The first kappa shape index (κ1) is 53.8. The van der Waals surface area contributed by atoms with Crippen LogP contribution in [0.2, 0.25) is 0 Å². The van der Waals surface area contributed by atoms with Crippen LogP contribution in [0.5, 0.6) is 0 Å². The average molecular weight is 1060 g/mol. The molecule has 6 heterocycles. The van der Waals surface area contributed by atoms with Crippen molar-refractivity contribution in [2.75, 3.05) is 14.1 Å². The molecule has 4 saturated heterocycles. The quantitative estimate of drug-likeness (QED) is 0.0944. The molecule has 4 fully saturated rings. The molecule has 412 valence electrons. The van der Waals surface area contributed by atoms with Crippen LogP contribution >= 0.6 is 0 Å². The van der Waals surface area contributed by atoms with Gasteiger partial charge in [0.2, 0.25) is 35.4 Å². The SMILES string of the molecule is CN[C@@H](C)C(=O)N[C@H]1CC[C@H](n2cc(COCc3cn([C@@H]4CC[C@H](NC(=O)[C@H](C)NC)C(=O)N5[C@H](CC[C@H]5C(=O)N[C@@H]5CCCc6ccccc65)C4)nn3)nn2)C[C@H]2CC[C@@H](C(=O)NC3CCCc4ccccc43)N2C1=O. The summed E-state index contributed by atoms with van der Waals surface area (Å²) < 4.78 is 9.82. The zero-order chi connectivity index (χ0) is 53.7. The third-order valence-corrected chi connectivity index (χ3v) is 17.4. The first-order valence-corrected chi connectivity index (χ1v) is 28.1. The van der Waals surface area contributed by atoms with Gasteiger partial charge < -0.3 is 46.4 Å². The molecule has 2 aromatic carbocycles. The number of amides is 6. The summed E-state index contributed by atoms with van der Waals surface area (Å²) in [5, 5.41) is 36.6. The normalized spacial score (nSPS) is 28.1. The third-order valence-electron chi connectivity index (χ3n) is 17.4. The highest BCUT2D eigenvalue weighted by Gasteiger charge is 2.48. The van der Waals surface area contributed by atoms with Crippen molar-refractivity contribution in [3.63, 3.8) is 0 Å². The van der Waals surface area contributed by atoms with E-state index in [-0.39, 0.29) is 84.9 Å². The molecule has 2 aliphatic carbocycles. The predicted octanol–water partition coefficient (Wildman–Crippen LogP) is 3.33. The highest BCUT2D eigenvalue weighted by Crippen LogP contribution is 2.39. The van der Waals surface area contributed by atoms with Crippen molar-refractivity contribution in [2.24, 2.45) is 0 Å². The number of rotatable bonds is 16. The molecule has 2 aromatic heterocycles. The monoisotopic (exact) mass is 1060 g/mol. The predicted molar refractivity (Wildman–Crippen MR) is 283 cm³/mol. The Hall–Kier alpha value is -6.58. The van der Waals surface area contributed by atoms with Gasteiger partial charge in [-0.05, 0) is 153 Å². The van der Waals surface area contributed by atoms with Crippen molar-refractivity contribution in [3.8, 4) is 0 Å². The number of carbonyl (C=O) groups excluding carboxylic acids is 6. The van der Waals surface area contributed by atoms with Crippen LogP contribution in [0.25, 0.3) is 0 Å². The highest BCUT2D eigenvalue weighted by molar-refractivity contribution is 5.95. The molecule has 21 nitrogen and oxygen atoms in total. The Morgan fingerprint density at radius 1 is 0.545 bits per heavy atom. The van der Waals surface area contributed by atoms with Crippen LogP contribution < -0.4 is 31.9 Å². The van der Waals surface area contributed by atoms with Crippen LogP contribution in [0.15, 0.2) is 60.9 Å². The Labute approximate surface area is 450 Å². The first-order chi connectivity index (χ1) is 37.4. The number of hydrogen-bond acceptors (Lipinski definition) is 13. The fourth-order valence-corrected chi connectivity index (χ4v) is 12.9. The fourth-order valence-electron chi connectivity index (χ4n) is 12.9. The zero-order valence-electron chi connectivity index (χ0n) is 44.9. The van der Waals surface area contributed by atoms with Gasteiger partial charge in [-0.2, -0.15) is 0 Å². The summed E-state index contributed by atoms with van der Waals surface area (Å²) in [5.41, 5.74) is 5.96. The van der Waals surface area contributed by atoms with Crippen molar-refractivity contribution in [1.29, 1.82) is 0 Å². The molecule has 4 aliphatic heterocycles. The lowest BCUT2D eigenvalue weighted by Gasteiger charge is -2.38. The topological polar surface area (TPSA) is 252 Å². The molecular weight excluding hydrogens is 981 g/mol. The number of aryl methyl sites for hydroxylation is 2. The molecule has 1 unspecified atom stereocenters. The molecule has 12 atom stereocenters. The minimum atomic E-state index is -0.822. The van der Waals surface area contributed by atoms with Crippen molar-refractivity contribution >= 4 is 35.4 Å². The molecule has 0 spiro atoms. The molecular formula is C56H76N14O7. The summed E-state index contributed by atoms with van der Waals surface area (Å²) in [4.78, 5) is 87.4. The standard InChI is InChI=1S/C56H76N14O7/c1-33(57-3)51(71)61-47-23-19-39(27-41-21-25-49(69(41)55(47)75)53(73)59-45-17-9-13-35-11-5-7-15-43(35)45)67-29-37(63-65-67)31-77-32-38-30-68(66-64-38)40-20-24-48(62-52(72)34(2)58-4)56(76)70-42(28-40)22-26-50(70)54(74)60-46-18-10-14-36-12-6-8-16-44(36)46/h5-8,11-12,15-16,29-30,33-34,39-42,45-50,57-58H,9-10,13-14,17-28,31-32H2,1-4H3,(H,59,73)(H,60,74)(H,61,71)(H,62,72)/t33-,34-,39-,40+,41+,42+,45?,46+,47-,48-,49-,50-/m0/s1. The Bertz CT molecular complexity index is 2600. The third kappa shape index (κ3) is 11.8. The molecule has 0 radical (unpaired) electrons. The summed E-state index contributed by atoms with van der Waals surface area (Å²) in [6.07, 6.45) is 14.5. The van der Waals surface area contributed by atoms with Crippen LogP contribution in [0.1, 0.15) is 162 Å². The number of likely N-dealkylation sites (N-methyl/N-ethyl adjacent to an activating group) is 2. The number of ether oxygens (including phenoxy) is 1. The highest BCUT2D eigenvalue weighted by atomic mass is 16.5. The molecule has 21 heteroatoms. The average Bonchev–Trinajstić information content (AvgIpc) is 4.31. The van der Waals surface area contributed by atoms with E-state index >= 15 is 0 Å². The van der Waals surface area contributed by atoms with Gasteiger partial charge in [0, 0.05) is 12.1 Å². The van der Waals surface area contributed by atoms with Gasteiger partial charge in [0.05, 0.1) is 61.9 Å². The van der Waals surface area contributed by atoms with Crippen molar-refractivity contribution in [1.82, 2.24) is 71.7 Å². The number of benzene rings is 2. The van der Waals surface area contributed by atoms with Gasteiger partial charge in [-0.25, -0.2) is 9.36 Å². The summed E-state index contributed by atoms with van der Waals surface area (Å²) in [6, 6.07) is 11.4. The Balaban J connectivity index is 0.788. The lowest BCUT2D eigenvalue weighted by atomic mass is 9.87. The Kier molecular flexibility index (Phi) is 16.8. The fraction of sp³-hybridized carbons (Fsp3) is 0.607. The largest absolute Gasteiger partial charge is 0.369 e. The number of hydrogen-bond donors (Lipinski definition) is 6. The minimum Gasteiger partial charge on any atom is -0.369 e. The Morgan fingerprint density at radius 3 is 1.39 bits per heavy atom. The molecule has 77 heavy (non-hydrogen) atoms. The molecule has 4 aromatic rings. The second-order valence-corrected chi connectivity index (χ2v) is 22.2. The molecule has 10 rings (SSSR count). The van der Waals surface area contributed by atoms with Gasteiger partial charge >= 0.3 is 0 Å². The zero-order valence-corrected chi connectivity index (χ0v) is 44.9. The van der Waals surface area contributed by atoms with E-state index in [1.807, 2.05) is 46.0 Å². The van der Waals surface area contributed by atoms with E-state index in [2.05, 4.69) is 76.8 Å². The summed E-state index contributed by atoms with van der Waals surface area (Å²) in [6.45, 7) is 3.78. The Morgan fingerprint density at radius 2 is 0.961 bits per heavy atom. The van der Waals surface area contributed by atoms with Crippen molar-refractivity contribution < 1.29 is 33.5 Å². The second kappa shape index (κ2) is 24.0. The molecule has 0 saturated carbocycles. The minimum absolute atomic E-state index is 0.125. The molecule has 0 bridgehead atoms. The number of nitrogens with one attached hydrogen (secondary N) is 6. The van der Waals surface area contributed by atoms with E-state index < -0.39 is 36.3 Å². The number of fused-ring (bicyclic) bond motifs is 4. The van der Waals surface area contributed by atoms with Gasteiger partial charge in [-0.3, -0.25) is 28.8 Å². The molecule has 6 amide bonds. The molecule has 6 N–H and O–H groups in total. The lowest BCUT2D eigenvalue weighted by Crippen LogP contribution is -2.58. The van der Waals surface area contributed by atoms with E-state index in [0.717, 1.165) is 49.7 Å². The van der Waals surface area contributed by atoms with Gasteiger partial charge in [0.1, 0.15) is 35.6 Å². The van der Waals surface area contributed by atoms with Crippen LogP contribution in [0, 0.1) is 0 Å².